The van der Waals surface area contributed by atoms with Gasteiger partial charge in [0.25, 0.3) is 11.8 Å². The van der Waals surface area contributed by atoms with Gasteiger partial charge in [0.1, 0.15) is 5.52 Å². The molecular formula is C20H21N5O2. The van der Waals surface area contributed by atoms with E-state index in [1.165, 1.54) is 0 Å². The van der Waals surface area contributed by atoms with Crippen molar-refractivity contribution in [3.8, 4) is 0 Å². The van der Waals surface area contributed by atoms with Crippen LogP contribution >= 0.6 is 0 Å². The second-order valence-corrected chi connectivity index (χ2v) is 6.33. The lowest BCUT2D eigenvalue weighted by Gasteiger charge is -2.15. The summed E-state index contributed by atoms with van der Waals surface area (Å²) < 4.78 is 1.65. The summed E-state index contributed by atoms with van der Waals surface area (Å²) in [6, 6.07) is 12.2. The second kappa shape index (κ2) is 7.82. The van der Waals surface area contributed by atoms with Crippen molar-refractivity contribution in [3.05, 3.63) is 65.7 Å². The molecule has 2 aromatic carbocycles. The number of hydrogen-bond acceptors (Lipinski definition) is 4. The fourth-order valence-electron chi connectivity index (χ4n) is 2.66. The largest absolute Gasteiger partial charge is 0.350 e. The van der Waals surface area contributed by atoms with Gasteiger partial charge in [0.2, 0.25) is 0 Å². The molecule has 0 bridgehead atoms. The lowest BCUT2D eigenvalue weighted by atomic mass is 10.1. The first-order valence-electron chi connectivity index (χ1n) is 8.59. The SMILES string of the molecule is C=Cc1ccc(C(=O)NC(C)CNC(=O)c2ccc3c(c2)nnn3C)cc1. The Hall–Kier alpha value is -3.48. The van der Waals surface area contributed by atoms with Gasteiger partial charge in [0.05, 0.1) is 5.52 Å². The van der Waals surface area contributed by atoms with Gasteiger partial charge in [-0.2, -0.15) is 0 Å². The van der Waals surface area contributed by atoms with Crippen molar-refractivity contribution in [1.82, 2.24) is 25.6 Å². The maximum absolute atomic E-state index is 12.3. The van der Waals surface area contributed by atoms with Crippen LogP contribution in [0, 0.1) is 0 Å². The summed E-state index contributed by atoms with van der Waals surface area (Å²) in [7, 11) is 1.80. The van der Waals surface area contributed by atoms with E-state index >= 15 is 0 Å². The fourth-order valence-corrected chi connectivity index (χ4v) is 2.66. The van der Waals surface area contributed by atoms with E-state index in [0.717, 1.165) is 11.1 Å². The van der Waals surface area contributed by atoms with Crippen LogP contribution in [0.3, 0.4) is 0 Å². The molecule has 2 amide bonds. The lowest BCUT2D eigenvalue weighted by molar-refractivity contribution is 0.0912. The molecule has 138 valence electrons. The van der Waals surface area contributed by atoms with Crippen LogP contribution in [0.15, 0.2) is 49.0 Å². The number of aryl methyl sites for hydroxylation is 1. The molecule has 1 atom stereocenters. The van der Waals surface area contributed by atoms with E-state index < -0.39 is 0 Å². The Morgan fingerprint density at radius 3 is 2.56 bits per heavy atom. The van der Waals surface area contributed by atoms with Gasteiger partial charge in [-0.1, -0.05) is 30.0 Å². The van der Waals surface area contributed by atoms with Gasteiger partial charge in [0.15, 0.2) is 0 Å². The van der Waals surface area contributed by atoms with Crippen molar-refractivity contribution in [2.24, 2.45) is 7.05 Å². The van der Waals surface area contributed by atoms with Gasteiger partial charge < -0.3 is 10.6 Å². The second-order valence-electron chi connectivity index (χ2n) is 6.33. The minimum absolute atomic E-state index is 0.187. The summed E-state index contributed by atoms with van der Waals surface area (Å²) in [6.45, 7) is 5.84. The van der Waals surface area contributed by atoms with E-state index in [9.17, 15) is 9.59 Å². The molecule has 0 fully saturated rings. The fraction of sp³-hybridized carbons (Fsp3) is 0.200. The Kier molecular flexibility index (Phi) is 5.30. The van der Waals surface area contributed by atoms with E-state index in [1.54, 1.807) is 42.1 Å². The normalized spacial score (nSPS) is 11.8. The molecule has 0 aliphatic carbocycles. The van der Waals surface area contributed by atoms with Crippen LogP contribution in [0.2, 0.25) is 0 Å². The molecule has 2 N–H and O–H groups in total. The molecule has 27 heavy (non-hydrogen) atoms. The summed E-state index contributed by atoms with van der Waals surface area (Å²) in [5.74, 6) is -0.410. The number of carbonyl (C=O) groups excluding carboxylic acids is 2. The van der Waals surface area contributed by atoms with Gasteiger partial charge in [-0.25, -0.2) is 4.68 Å². The molecule has 0 spiro atoms. The number of rotatable bonds is 6. The van der Waals surface area contributed by atoms with E-state index in [0.29, 0.717) is 23.2 Å². The minimum Gasteiger partial charge on any atom is -0.350 e. The van der Waals surface area contributed by atoms with E-state index in [2.05, 4.69) is 27.5 Å². The van der Waals surface area contributed by atoms with Crippen LogP contribution in [0.1, 0.15) is 33.2 Å². The Morgan fingerprint density at radius 2 is 1.85 bits per heavy atom. The van der Waals surface area contributed by atoms with E-state index in [1.807, 2.05) is 25.1 Å². The monoisotopic (exact) mass is 363 g/mol. The third kappa shape index (κ3) is 4.20. The highest BCUT2D eigenvalue weighted by atomic mass is 16.2. The third-order valence-corrected chi connectivity index (χ3v) is 4.23. The smallest absolute Gasteiger partial charge is 0.251 e. The molecule has 7 nitrogen and oxygen atoms in total. The molecule has 1 unspecified atom stereocenters. The number of carbonyl (C=O) groups is 2. The Morgan fingerprint density at radius 1 is 1.15 bits per heavy atom. The van der Waals surface area contributed by atoms with E-state index in [-0.39, 0.29) is 17.9 Å². The van der Waals surface area contributed by atoms with Gasteiger partial charge in [-0.3, -0.25) is 9.59 Å². The quantitative estimate of drug-likeness (QED) is 0.702. The molecular weight excluding hydrogens is 342 g/mol. The summed E-state index contributed by atoms with van der Waals surface area (Å²) >= 11 is 0. The van der Waals surface area contributed by atoms with Crippen molar-refractivity contribution in [2.45, 2.75) is 13.0 Å². The van der Waals surface area contributed by atoms with Crippen LogP contribution in [-0.2, 0) is 7.05 Å². The molecule has 1 aromatic heterocycles. The maximum Gasteiger partial charge on any atom is 0.251 e. The summed E-state index contributed by atoms with van der Waals surface area (Å²) in [5.41, 5.74) is 3.53. The highest BCUT2D eigenvalue weighted by Gasteiger charge is 2.13. The van der Waals surface area contributed by atoms with Crippen molar-refractivity contribution >= 4 is 28.9 Å². The van der Waals surface area contributed by atoms with Crippen LogP contribution in [0.4, 0.5) is 0 Å². The minimum atomic E-state index is -0.223. The number of nitrogens with zero attached hydrogens (tertiary/aromatic N) is 3. The molecule has 0 radical (unpaired) electrons. The lowest BCUT2D eigenvalue weighted by Crippen LogP contribution is -2.41. The van der Waals surface area contributed by atoms with Crippen LogP contribution in [0.25, 0.3) is 17.1 Å². The van der Waals surface area contributed by atoms with Crippen molar-refractivity contribution in [1.29, 1.82) is 0 Å². The molecule has 3 aromatic rings. The summed E-state index contributed by atoms with van der Waals surface area (Å²) in [5, 5.41) is 13.6. The van der Waals surface area contributed by atoms with Gasteiger partial charge in [0, 0.05) is 30.8 Å². The number of fused-ring (bicyclic) bond motifs is 1. The molecule has 0 saturated heterocycles. The highest BCUT2D eigenvalue weighted by molar-refractivity contribution is 5.97. The zero-order valence-corrected chi connectivity index (χ0v) is 15.3. The van der Waals surface area contributed by atoms with Crippen LogP contribution < -0.4 is 10.6 Å². The number of benzene rings is 2. The Labute approximate surface area is 157 Å². The highest BCUT2D eigenvalue weighted by Crippen LogP contribution is 2.12. The van der Waals surface area contributed by atoms with Crippen molar-refractivity contribution in [2.75, 3.05) is 6.54 Å². The predicted octanol–water partition coefficient (Wildman–Crippen LogP) is 2.16. The first-order chi connectivity index (χ1) is 13.0. The molecule has 0 aliphatic rings. The van der Waals surface area contributed by atoms with Gasteiger partial charge in [-0.15, -0.1) is 5.10 Å². The molecule has 0 aliphatic heterocycles. The Balaban J connectivity index is 1.55. The molecule has 1 heterocycles. The standard InChI is InChI=1S/C20H21N5O2/c1-4-14-5-7-15(8-6-14)20(27)22-13(2)12-21-19(26)16-9-10-18-17(11-16)23-24-25(18)3/h4-11,13H,1,12H2,2-3H3,(H,21,26)(H,22,27). The average Bonchev–Trinajstić information content (AvgIpc) is 3.06. The number of nitrogens with one attached hydrogen (secondary N) is 2. The Bertz CT molecular complexity index is 991. The number of amides is 2. The first kappa shape index (κ1) is 18.3. The molecule has 7 heteroatoms. The summed E-state index contributed by atoms with van der Waals surface area (Å²) in [6.07, 6.45) is 1.72. The van der Waals surface area contributed by atoms with Crippen molar-refractivity contribution in [3.63, 3.8) is 0 Å². The predicted molar refractivity (Wildman–Crippen MR) is 104 cm³/mol. The van der Waals surface area contributed by atoms with Gasteiger partial charge in [-0.05, 0) is 42.8 Å². The third-order valence-electron chi connectivity index (χ3n) is 4.23. The number of hydrogen-bond donors (Lipinski definition) is 2. The number of aromatic nitrogens is 3. The average molecular weight is 363 g/mol. The molecule has 3 rings (SSSR count). The zero-order chi connectivity index (χ0) is 19.4. The topological polar surface area (TPSA) is 88.9 Å². The summed E-state index contributed by atoms with van der Waals surface area (Å²) in [4.78, 5) is 24.6. The zero-order valence-electron chi connectivity index (χ0n) is 15.3. The van der Waals surface area contributed by atoms with Crippen LogP contribution in [0.5, 0.6) is 0 Å². The first-order valence-corrected chi connectivity index (χ1v) is 8.59. The van der Waals surface area contributed by atoms with Crippen LogP contribution in [-0.4, -0.2) is 39.4 Å². The van der Waals surface area contributed by atoms with E-state index in [4.69, 9.17) is 0 Å². The molecule has 0 saturated carbocycles. The van der Waals surface area contributed by atoms with Gasteiger partial charge >= 0.3 is 0 Å². The van der Waals surface area contributed by atoms with Crippen molar-refractivity contribution < 1.29 is 9.59 Å². The maximum atomic E-state index is 12.3.